The van der Waals surface area contributed by atoms with Gasteiger partial charge in [-0.1, -0.05) is 20.3 Å². The number of aliphatic hydroxyl groups excluding tert-OH is 1. The number of rotatable bonds is 5. The van der Waals surface area contributed by atoms with E-state index < -0.39 is 0 Å². The molecule has 1 N–H and O–H groups in total. The Morgan fingerprint density at radius 1 is 1.23 bits per heavy atom. The van der Waals surface area contributed by atoms with Crippen molar-refractivity contribution in [3.8, 4) is 0 Å². The van der Waals surface area contributed by atoms with E-state index in [1.165, 1.54) is 5.57 Å². The molecule has 0 radical (unpaired) electrons. The first-order valence-electron chi connectivity index (χ1n) is 10.2. The molecule has 5 heteroatoms. The van der Waals surface area contributed by atoms with Crippen molar-refractivity contribution in [3.63, 3.8) is 0 Å². The molecule has 1 fully saturated rings. The first-order valence-corrected chi connectivity index (χ1v) is 10.2. The van der Waals surface area contributed by atoms with E-state index in [0.717, 1.165) is 44.4 Å². The number of fused-ring (bicyclic) bond motifs is 1. The lowest BCUT2D eigenvalue weighted by atomic mass is 9.75. The molecule has 2 heterocycles. The second-order valence-corrected chi connectivity index (χ2v) is 8.49. The summed E-state index contributed by atoms with van der Waals surface area (Å²) in [7, 11) is 0. The fourth-order valence-corrected chi connectivity index (χ4v) is 4.20. The van der Waals surface area contributed by atoms with Crippen LogP contribution in [0.25, 0.3) is 0 Å². The van der Waals surface area contributed by atoms with Crippen LogP contribution in [-0.4, -0.2) is 46.2 Å². The highest BCUT2D eigenvalue weighted by molar-refractivity contribution is 6.03. The SMILES string of the molecule is CC[C@H](C)CC1=NC2C(C3CCC(O)CC3)=CN(C(C)C)C(=O)C2C=N1. The van der Waals surface area contributed by atoms with Crippen LogP contribution >= 0.6 is 0 Å². The standard InChI is InChI=1S/C21H33N3O2/c1-5-14(4)10-19-22-11-17-20(23-19)18(12-24(13(2)3)21(17)26)15-6-8-16(25)9-7-15/h11-17,20,25H,5-10H2,1-4H3/t14-,15?,16?,17?,20?/m0/s1. The largest absolute Gasteiger partial charge is 0.393 e. The second-order valence-electron chi connectivity index (χ2n) is 8.49. The molecule has 26 heavy (non-hydrogen) atoms. The number of aliphatic hydroxyl groups is 1. The van der Waals surface area contributed by atoms with Gasteiger partial charge in [0.1, 0.15) is 11.8 Å². The Bertz CT molecular complexity index is 615. The maximum atomic E-state index is 12.9. The predicted molar refractivity (Wildman–Crippen MR) is 105 cm³/mol. The minimum Gasteiger partial charge on any atom is -0.393 e. The average molecular weight is 360 g/mol. The summed E-state index contributed by atoms with van der Waals surface area (Å²) in [6.45, 7) is 8.50. The van der Waals surface area contributed by atoms with Crippen molar-refractivity contribution >= 4 is 18.0 Å². The molecule has 0 spiro atoms. The third-order valence-corrected chi connectivity index (χ3v) is 6.13. The van der Waals surface area contributed by atoms with Gasteiger partial charge in [-0.25, -0.2) is 4.99 Å². The number of amides is 1. The Balaban J connectivity index is 1.91. The smallest absolute Gasteiger partial charge is 0.237 e. The maximum absolute atomic E-state index is 12.9. The molecule has 2 unspecified atom stereocenters. The summed E-state index contributed by atoms with van der Waals surface area (Å²) in [6, 6.07) is 0.0285. The highest BCUT2D eigenvalue weighted by Crippen LogP contribution is 2.39. The van der Waals surface area contributed by atoms with E-state index in [-0.39, 0.29) is 30.0 Å². The molecule has 0 saturated heterocycles. The molecular formula is C21H33N3O2. The van der Waals surface area contributed by atoms with Crippen molar-refractivity contribution in [2.45, 2.75) is 84.4 Å². The topological polar surface area (TPSA) is 65.3 Å². The summed E-state index contributed by atoms with van der Waals surface area (Å²) in [6.07, 6.45) is 9.34. The van der Waals surface area contributed by atoms with E-state index in [1.54, 1.807) is 0 Å². The van der Waals surface area contributed by atoms with Gasteiger partial charge in [0.05, 0.1) is 12.1 Å². The van der Waals surface area contributed by atoms with E-state index >= 15 is 0 Å². The normalized spacial score (nSPS) is 33.0. The summed E-state index contributed by atoms with van der Waals surface area (Å²) in [5.74, 6) is 1.67. The fourth-order valence-electron chi connectivity index (χ4n) is 4.20. The van der Waals surface area contributed by atoms with Crippen molar-refractivity contribution < 1.29 is 9.90 Å². The molecule has 0 aromatic rings. The Labute approximate surface area is 157 Å². The van der Waals surface area contributed by atoms with Crippen molar-refractivity contribution in [2.24, 2.45) is 27.7 Å². The third-order valence-electron chi connectivity index (χ3n) is 6.13. The van der Waals surface area contributed by atoms with E-state index in [1.807, 2.05) is 11.1 Å². The molecule has 3 atom stereocenters. The summed E-state index contributed by atoms with van der Waals surface area (Å²) in [5.41, 5.74) is 1.27. The van der Waals surface area contributed by atoms with Crippen molar-refractivity contribution in [1.29, 1.82) is 0 Å². The molecule has 144 valence electrons. The molecule has 2 aliphatic heterocycles. The number of amidine groups is 1. The molecule has 5 nitrogen and oxygen atoms in total. The molecule has 1 saturated carbocycles. The highest BCUT2D eigenvalue weighted by Gasteiger charge is 2.42. The molecule has 1 aliphatic carbocycles. The lowest BCUT2D eigenvalue weighted by Crippen LogP contribution is -2.49. The number of carbonyl (C=O) groups is 1. The van der Waals surface area contributed by atoms with Gasteiger partial charge in [0.25, 0.3) is 0 Å². The lowest BCUT2D eigenvalue weighted by Gasteiger charge is -2.41. The van der Waals surface area contributed by atoms with Crippen LogP contribution in [0, 0.1) is 17.8 Å². The number of aliphatic imine (C=N–C) groups is 2. The van der Waals surface area contributed by atoms with Gasteiger partial charge < -0.3 is 10.0 Å². The van der Waals surface area contributed by atoms with Gasteiger partial charge in [-0.15, -0.1) is 0 Å². The third kappa shape index (κ3) is 3.93. The van der Waals surface area contributed by atoms with Gasteiger partial charge in [-0.2, -0.15) is 0 Å². The van der Waals surface area contributed by atoms with E-state index in [4.69, 9.17) is 4.99 Å². The first kappa shape index (κ1) is 19.3. The quantitative estimate of drug-likeness (QED) is 0.815. The van der Waals surface area contributed by atoms with Crippen LogP contribution in [0.5, 0.6) is 0 Å². The van der Waals surface area contributed by atoms with Crippen LogP contribution in [0.1, 0.15) is 66.2 Å². The molecular weight excluding hydrogens is 326 g/mol. The van der Waals surface area contributed by atoms with Crippen LogP contribution in [0.2, 0.25) is 0 Å². The first-order chi connectivity index (χ1) is 12.4. The number of nitrogens with zero attached hydrogens (tertiary/aromatic N) is 3. The minimum absolute atomic E-state index is 0.103. The summed E-state index contributed by atoms with van der Waals surface area (Å²) >= 11 is 0. The van der Waals surface area contributed by atoms with E-state index in [9.17, 15) is 9.90 Å². The Hall–Kier alpha value is -1.49. The summed E-state index contributed by atoms with van der Waals surface area (Å²) in [4.78, 5) is 24.3. The summed E-state index contributed by atoms with van der Waals surface area (Å²) < 4.78 is 0. The second kappa shape index (κ2) is 8.03. The van der Waals surface area contributed by atoms with Gasteiger partial charge >= 0.3 is 0 Å². The Kier molecular flexibility index (Phi) is 5.96. The van der Waals surface area contributed by atoms with Crippen LogP contribution in [0.4, 0.5) is 0 Å². The molecule has 0 aromatic carbocycles. The maximum Gasteiger partial charge on any atom is 0.237 e. The van der Waals surface area contributed by atoms with E-state index in [0.29, 0.717) is 11.8 Å². The van der Waals surface area contributed by atoms with Gasteiger partial charge in [0.2, 0.25) is 5.91 Å². The van der Waals surface area contributed by atoms with Crippen LogP contribution in [0.3, 0.4) is 0 Å². The molecule has 3 rings (SSSR count). The van der Waals surface area contributed by atoms with E-state index in [2.05, 4.69) is 38.9 Å². The van der Waals surface area contributed by atoms with Gasteiger partial charge in [-0.3, -0.25) is 9.79 Å². The average Bonchev–Trinajstić information content (AvgIpc) is 2.62. The monoisotopic (exact) mass is 359 g/mol. The van der Waals surface area contributed by atoms with Crippen LogP contribution in [0.15, 0.2) is 21.8 Å². The lowest BCUT2D eigenvalue weighted by molar-refractivity contribution is -0.133. The minimum atomic E-state index is -0.273. The zero-order valence-electron chi connectivity index (χ0n) is 16.6. The van der Waals surface area contributed by atoms with Gasteiger partial charge in [-0.05, 0) is 56.9 Å². The summed E-state index contributed by atoms with van der Waals surface area (Å²) in [5, 5.41) is 9.88. The Morgan fingerprint density at radius 2 is 1.92 bits per heavy atom. The molecule has 0 bridgehead atoms. The predicted octanol–water partition coefficient (Wildman–Crippen LogP) is 3.58. The van der Waals surface area contributed by atoms with Crippen molar-refractivity contribution in [1.82, 2.24) is 4.90 Å². The van der Waals surface area contributed by atoms with Crippen LogP contribution < -0.4 is 0 Å². The highest BCUT2D eigenvalue weighted by atomic mass is 16.3. The zero-order chi connectivity index (χ0) is 18.8. The molecule has 0 aromatic heterocycles. The van der Waals surface area contributed by atoms with Crippen molar-refractivity contribution in [3.05, 3.63) is 11.8 Å². The number of hydrogen-bond acceptors (Lipinski definition) is 4. The van der Waals surface area contributed by atoms with Crippen molar-refractivity contribution in [2.75, 3.05) is 0 Å². The Morgan fingerprint density at radius 3 is 2.54 bits per heavy atom. The molecule has 1 amide bonds. The number of carbonyl (C=O) groups excluding carboxylic acids is 1. The zero-order valence-corrected chi connectivity index (χ0v) is 16.6. The molecule has 3 aliphatic rings. The van der Waals surface area contributed by atoms with Gasteiger partial charge in [0, 0.05) is 24.9 Å². The number of hydrogen-bond donors (Lipinski definition) is 1. The fraction of sp³-hybridized carbons (Fsp3) is 0.762. The van der Waals surface area contributed by atoms with Gasteiger partial charge in [0.15, 0.2) is 0 Å². The van der Waals surface area contributed by atoms with Crippen LogP contribution in [-0.2, 0) is 4.79 Å².